The van der Waals surface area contributed by atoms with E-state index in [1.807, 2.05) is 0 Å². The second-order valence-electron chi connectivity index (χ2n) is 5.60. The van der Waals surface area contributed by atoms with E-state index in [1.165, 1.54) is 23.5 Å². The Morgan fingerprint density at radius 1 is 1.29 bits per heavy atom. The van der Waals surface area contributed by atoms with Crippen LogP contribution in [-0.4, -0.2) is 22.0 Å². The standard InChI is InChI=1S/C18H13FN4O4S/c19-13-3-1-11(2-4-13)18-21-14(10-28-18)8-17(25)22-20-9-12-7-15(23(26)27)5-6-16(12)24/h1-7,9-10,24H,8H2,(H,22,25)/p-1/b20-9-. The number of hydrazone groups is 1. The van der Waals surface area contributed by atoms with Gasteiger partial charge in [-0.2, -0.15) is 5.10 Å². The third-order valence-corrected chi connectivity index (χ3v) is 4.52. The molecule has 0 fully saturated rings. The average Bonchev–Trinajstić information content (AvgIpc) is 3.12. The molecule has 8 nitrogen and oxygen atoms in total. The van der Waals surface area contributed by atoms with Crippen molar-refractivity contribution in [3.05, 3.63) is 75.0 Å². The summed E-state index contributed by atoms with van der Waals surface area (Å²) in [6.45, 7) is 0. The van der Waals surface area contributed by atoms with Gasteiger partial charge in [-0.1, -0.05) is 11.8 Å². The van der Waals surface area contributed by atoms with Gasteiger partial charge in [0.25, 0.3) is 5.69 Å². The number of carbonyl (C=O) groups excluding carboxylic acids is 1. The highest BCUT2D eigenvalue weighted by Crippen LogP contribution is 2.24. The molecule has 0 aliphatic heterocycles. The van der Waals surface area contributed by atoms with Crippen LogP contribution >= 0.6 is 11.3 Å². The largest absolute Gasteiger partial charge is 0.872 e. The first-order chi connectivity index (χ1) is 13.4. The Hall–Kier alpha value is -3.66. The number of benzene rings is 2. The molecule has 2 aromatic carbocycles. The fourth-order valence-corrected chi connectivity index (χ4v) is 3.07. The monoisotopic (exact) mass is 399 g/mol. The van der Waals surface area contributed by atoms with Crippen molar-refractivity contribution in [2.45, 2.75) is 6.42 Å². The smallest absolute Gasteiger partial charge is 0.270 e. The van der Waals surface area contributed by atoms with Crippen LogP contribution < -0.4 is 10.5 Å². The van der Waals surface area contributed by atoms with Crippen molar-refractivity contribution < 1.29 is 19.2 Å². The molecular weight excluding hydrogens is 387 g/mol. The number of halogens is 1. The summed E-state index contributed by atoms with van der Waals surface area (Å²) in [4.78, 5) is 26.4. The zero-order valence-electron chi connectivity index (χ0n) is 14.2. The Bertz CT molecular complexity index is 1050. The molecule has 0 saturated carbocycles. The summed E-state index contributed by atoms with van der Waals surface area (Å²) < 4.78 is 13.0. The number of carbonyl (C=O) groups is 1. The van der Waals surface area contributed by atoms with Gasteiger partial charge >= 0.3 is 0 Å². The Labute approximate surface area is 162 Å². The summed E-state index contributed by atoms with van der Waals surface area (Å²) in [5, 5.41) is 28.4. The Morgan fingerprint density at radius 3 is 2.75 bits per heavy atom. The molecule has 0 radical (unpaired) electrons. The van der Waals surface area contributed by atoms with E-state index in [2.05, 4.69) is 15.5 Å². The number of non-ortho nitro benzene ring substituents is 1. The molecule has 0 spiro atoms. The zero-order valence-corrected chi connectivity index (χ0v) is 15.0. The van der Waals surface area contributed by atoms with E-state index in [9.17, 15) is 24.4 Å². The van der Waals surface area contributed by atoms with Crippen LogP contribution in [0.25, 0.3) is 10.6 Å². The van der Waals surface area contributed by atoms with Crippen molar-refractivity contribution in [3.8, 4) is 16.3 Å². The number of nitrogens with zero attached hydrogens (tertiary/aromatic N) is 3. The summed E-state index contributed by atoms with van der Waals surface area (Å²) in [7, 11) is 0. The lowest BCUT2D eigenvalue weighted by atomic mass is 10.2. The SMILES string of the molecule is O=C(Cc1csc(-c2ccc(F)cc2)n1)N/N=C\c1cc([N+](=O)[O-])ccc1[O-]. The van der Waals surface area contributed by atoms with Crippen LogP contribution in [0.5, 0.6) is 5.75 Å². The van der Waals surface area contributed by atoms with Crippen LogP contribution in [-0.2, 0) is 11.2 Å². The molecule has 0 bridgehead atoms. The number of nitro groups is 1. The van der Waals surface area contributed by atoms with Crippen LogP contribution in [0.3, 0.4) is 0 Å². The number of amides is 1. The third kappa shape index (κ3) is 4.74. The van der Waals surface area contributed by atoms with Gasteiger partial charge in [-0.3, -0.25) is 14.9 Å². The highest BCUT2D eigenvalue weighted by atomic mass is 32.1. The lowest BCUT2D eigenvalue weighted by Crippen LogP contribution is -2.20. The summed E-state index contributed by atoms with van der Waals surface area (Å²) >= 11 is 1.32. The number of nitro benzene ring substituents is 1. The lowest BCUT2D eigenvalue weighted by Gasteiger charge is -2.08. The predicted molar refractivity (Wildman–Crippen MR) is 99.5 cm³/mol. The highest BCUT2D eigenvalue weighted by Gasteiger charge is 2.09. The number of thiazole rings is 1. The molecule has 1 heterocycles. The van der Waals surface area contributed by atoms with E-state index in [0.717, 1.165) is 30.0 Å². The second kappa shape index (κ2) is 8.35. The number of nitrogens with one attached hydrogen (secondary N) is 1. The molecule has 10 heteroatoms. The quantitative estimate of drug-likeness (QED) is 0.388. The molecule has 3 aromatic rings. The number of hydrogen-bond donors (Lipinski definition) is 1. The maximum Gasteiger partial charge on any atom is 0.270 e. The second-order valence-corrected chi connectivity index (χ2v) is 6.46. The maximum absolute atomic E-state index is 13.0. The molecule has 3 rings (SSSR count). The van der Waals surface area contributed by atoms with E-state index in [0.29, 0.717) is 10.7 Å². The lowest BCUT2D eigenvalue weighted by molar-refractivity contribution is -0.385. The molecule has 1 N–H and O–H groups in total. The van der Waals surface area contributed by atoms with E-state index < -0.39 is 16.6 Å². The van der Waals surface area contributed by atoms with Crippen molar-refractivity contribution in [2.24, 2.45) is 5.10 Å². The van der Waals surface area contributed by atoms with Gasteiger partial charge in [0.05, 0.1) is 23.3 Å². The van der Waals surface area contributed by atoms with Gasteiger partial charge in [-0.25, -0.2) is 14.8 Å². The molecule has 1 amide bonds. The van der Waals surface area contributed by atoms with E-state index in [4.69, 9.17) is 0 Å². The molecule has 0 unspecified atom stereocenters. The minimum atomic E-state index is -0.629. The van der Waals surface area contributed by atoms with Gasteiger partial charge in [0.1, 0.15) is 10.8 Å². The molecule has 142 valence electrons. The van der Waals surface area contributed by atoms with Crippen molar-refractivity contribution in [1.82, 2.24) is 10.4 Å². The molecule has 0 aliphatic rings. The van der Waals surface area contributed by atoms with Gasteiger partial charge < -0.3 is 5.11 Å². The van der Waals surface area contributed by atoms with Crippen LogP contribution in [0, 0.1) is 15.9 Å². The summed E-state index contributed by atoms with van der Waals surface area (Å²) in [6, 6.07) is 9.09. The van der Waals surface area contributed by atoms with Gasteiger partial charge in [-0.05, 0) is 29.8 Å². The van der Waals surface area contributed by atoms with Crippen LogP contribution in [0.2, 0.25) is 0 Å². The maximum atomic E-state index is 13.0. The van der Waals surface area contributed by atoms with Crippen LogP contribution in [0.4, 0.5) is 10.1 Å². The van der Waals surface area contributed by atoms with Gasteiger partial charge in [0.2, 0.25) is 5.91 Å². The Balaban J connectivity index is 1.61. The summed E-state index contributed by atoms with van der Waals surface area (Å²) in [6.07, 6.45) is 1.01. The molecular formula is C18H12FN4O4S-. The fourth-order valence-electron chi connectivity index (χ4n) is 2.24. The minimum Gasteiger partial charge on any atom is -0.872 e. The third-order valence-electron chi connectivity index (χ3n) is 3.58. The van der Waals surface area contributed by atoms with E-state index in [-0.39, 0.29) is 23.5 Å². The number of rotatable bonds is 6. The van der Waals surface area contributed by atoms with Gasteiger partial charge in [0, 0.05) is 23.1 Å². The molecule has 1 aromatic heterocycles. The van der Waals surface area contributed by atoms with Crippen LogP contribution in [0.15, 0.2) is 52.9 Å². The zero-order chi connectivity index (χ0) is 20.1. The van der Waals surface area contributed by atoms with Crippen LogP contribution in [0.1, 0.15) is 11.3 Å². The molecule has 28 heavy (non-hydrogen) atoms. The summed E-state index contributed by atoms with van der Waals surface area (Å²) in [5.41, 5.74) is 3.24. The number of hydrogen-bond acceptors (Lipinski definition) is 7. The average molecular weight is 399 g/mol. The van der Waals surface area contributed by atoms with E-state index in [1.54, 1.807) is 17.5 Å². The van der Waals surface area contributed by atoms with Crippen molar-refractivity contribution in [2.75, 3.05) is 0 Å². The predicted octanol–water partition coefficient (Wildman–Crippen LogP) is 2.62. The highest BCUT2D eigenvalue weighted by molar-refractivity contribution is 7.13. The molecule has 0 aliphatic carbocycles. The minimum absolute atomic E-state index is 0.0123. The first kappa shape index (κ1) is 19.1. The normalized spacial score (nSPS) is 10.9. The Morgan fingerprint density at radius 2 is 2.04 bits per heavy atom. The molecule has 0 saturated heterocycles. The number of aromatic nitrogens is 1. The fraction of sp³-hybridized carbons (Fsp3) is 0.0556. The van der Waals surface area contributed by atoms with Crippen molar-refractivity contribution in [1.29, 1.82) is 0 Å². The van der Waals surface area contributed by atoms with Gasteiger partial charge in [0.15, 0.2) is 0 Å². The van der Waals surface area contributed by atoms with Crippen molar-refractivity contribution >= 4 is 29.1 Å². The summed E-state index contributed by atoms with van der Waals surface area (Å²) in [5.74, 6) is -1.26. The Kier molecular flexibility index (Phi) is 5.70. The first-order valence-corrected chi connectivity index (χ1v) is 8.78. The van der Waals surface area contributed by atoms with E-state index >= 15 is 0 Å². The first-order valence-electron chi connectivity index (χ1n) is 7.90. The van der Waals surface area contributed by atoms with Gasteiger partial charge in [-0.15, -0.1) is 11.3 Å². The van der Waals surface area contributed by atoms with Crippen molar-refractivity contribution in [3.63, 3.8) is 0 Å². The molecule has 0 atom stereocenters. The topological polar surface area (TPSA) is 121 Å².